The molecule has 0 bridgehead atoms. The van der Waals surface area contributed by atoms with E-state index in [4.69, 9.17) is 5.73 Å². The van der Waals surface area contributed by atoms with Crippen LogP contribution in [0.1, 0.15) is 38.7 Å². The molecule has 0 radical (unpaired) electrons. The van der Waals surface area contributed by atoms with E-state index in [2.05, 4.69) is 35.8 Å². The van der Waals surface area contributed by atoms with Gasteiger partial charge in [0, 0.05) is 30.2 Å². The highest BCUT2D eigenvalue weighted by Gasteiger charge is 2.32. The lowest BCUT2D eigenvalue weighted by molar-refractivity contribution is 0.215. The minimum Gasteiger partial charge on any atom is -0.399 e. The summed E-state index contributed by atoms with van der Waals surface area (Å²) >= 11 is 0. The minimum atomic E-state index is 0.188. The third-order valence-corrected chi connectivity index (χ3v) is 5.22. The van der Waals surface area contributed by atoms with Gasteiger partial charge in [-0.3, -0.25) is 4.90 Å². The molecule has 21 heavy (non-hydrogen) atoms. The predicted octanol–water partition coefficient (Wildman–Crippen LogP) is 2.72. The second kappa shape index (κ2) is 5.98. The first-order chi connectivity index (χ1) is 10.0. The highest BCUT2D eigenvalue weighted by Crippen LogP contribution is 2.28. The van der Waals surface area contributed by atoms with Crippen molar-refractivity contribution in [3.05, 3.63) is 29.8 Å². The average molecular weight is 287 g/mol. The van der Waals surface area contributed by atoms with Gasteiger partial charge in [0.25, 0.3) is 0 Å². The van der Waals surface area contributed by atoms with Crippen LogP contribution in [0.3, 0.4) is 0 Å². The van der Waals surface area contributed by atoms with Crippen molar-refractivity contribution >= 4 is 5.69 Å². The molecule has 3 heteroatoms. The molecule has 1 aromatic rings. The molecule has 2 heterocycles. The molecule has 1 atom stereocenters. The number of nitrogens with two attached hydrogens (primary N) is 1. The number of nitrogens with zero attached hydrogens (tertiary/aromatic N) is 2. The van der Waals surface area contributed by atoms with Crippen molar-refractivity contribution in [2.24, 2.45) is 0 Å². The quantitative estimate of drug-likeness (QED) is 0.864. The first-order valence-corrected chi connectivity index (χ1v) is 8.37. The predicted molar refractivity (Wildman–Crippen MR) is 89.5 cm³/mol. The van der Waals surface area contributed by atoms with Crippen molar-refractivity contribution in [2.75, 3.05) is 38.5 Å². The zero-order chi connectivity index (χ0) is 14.9. The second-order valence-electron chi connectivity index (χ2n) is 7.43. The Hall–Kier alpha value is -1.06. The number of hydrogen-bond acceptors (Lipinski definition) is 3. The van der Waals surface area contributed by atoms with Crippen LogP contribution in [-0.2, 0) is 5.41 Å². The molecule has 2 saturated heterocycles. The van der Waals surface area contributed by atoms with E-state index < -0.39 is 0 Å². The molecular weight excluding hydrogens is 258 g/mol. The topological polar surface area (TPSA) is 32.5 Å². The molecule has 0 amide bonds. The van der Waals surface area contributed by atoms with Crippen LogP contribution in [0.4, 0.5) is 5.69 Å². The summed E-state index contributed by atoms with van der Waals surface area (Å²) in [7, 11) is 0. The fourth-order valence-corrected chi connectivity index (χ4v) is 3.95. The number of benzene rings is 1. The Kier molecular flexibility index (Phi) is 4.23. The molecule has 2 N–H and O–H groups in total. The SMILES string of the molecule is CC(C)(CN1CCC(N2CCCC2)C1)c1ccc(N)cc1. The summed E-state index contributed by atoms with van der Waals surface area (Å²) in [5.74, 6) is 0. The van der Waals surface area contributed by atoms with Gasteiger partial charge >= 0.3 is 0 Å². The van der Waals surface area contributed by atoms with E-state index in [9.17, 15) is 0 Å². The van der Waals surface area contributed by atoms with Crippen LogP contribution < -0.4 is 5.73 Å². The summed E-state index contributed by atoms with van der Waals surface area (Å²) in [6, 6.07) is 9.21. The van der Waals surface area contributed by atoms with Gasteiger partial charge in [0.15, 0.2) is 0 Å². The van der Waals surface area contributed by atoms with Crippen LogP contribution >= 0.6 is 0 Å². The lowest BCUT2D eigenvalue weighted by Crippen LogP contribution is -2.39. The van der Waals surface area contributed by atoms with Crippen LogP contribution in [0.2, 0.25) is 0 Å². The first-order valence-electron chi connectivity index (χ1n) is 8.37. The molecule has 2 fully saturated rings. The number of hydrogen-bond donors (Lipinski definition) is 1. The van der Waals surface area contributed by atoms with Crippen molar-refractivity contribution in [1.29, 1.82) is 0 Å². The van der Waals surface area contributed by atoms with Crippen LogP contribution in [-0.4, -0.2) is 48.6 Å². The van der Waals surface area contributed by atoms with E-state index in [1.807, 2.05) is 12.1 Å². The second-order valence-corrected chi connectivity index (χ2v) is 7.43. The van der Waals surface area contributed by atoms with E-state index in [1.54, 1.807) is 0 Å². The van der Waals surface area contributed by atoms with Crippen LogP contribution in [0.15, 0.2) is 24.3 Å². The molecular formula is C18H29N3. The van der Waals surface area contributed by atoms with Crippen molar-refractivity contribution in [3.63, 3.8) is 0 Å². The molecule has 0 saturated carbocycles. The van der Waals surface area contributed by atoms with E-state index in [-0.39, 0.29) is 5.41 Å². The molecule has 0 aliphatic carbocycles. The summed E-state index contributed by atoms with van der Waals surface area (Å²) in [5, 5.41) is 0. The van der Waals surface area contributed by atoms with Crippen molar-refractivity contribution in [2.45, 2.75) is 44.6 Å². The fourth-order valence-electron chi connectivity index (χ4n) is 3.95. The lowest BCUT2D eigenvalue weighted by atomic mass is 9.84. The van der Waals surface area contributed by atoms with Crippen molar-refractivity contribution < 1.29 is 0 Å². The minimum absolute atomic E-state index is 0.188. The molecule has 3 nitrogen and oxygen atoms in total. The maximum atomic E-state index is 5.81. The highest BCUT2D eigenvalue weighted by molar-refractivity contribution is 5.41. The highest BCUT2D eigenvalue weighted by atomic mass is 15.3. The Morgan fingerprint density at radius 2 is 1.76 bits per heavy atom. The summed E-state index contributed by atoms with van der Waals surface area (Å²) < 4.78 is 0. The fraction of sp³-hybridized carbons (Fsp3) is 0.667. The maximum absolute atomic E-state index is 5.81. The zero-order valence-electron chi connectivity index (χ0n) is 13.5. The van der Waals surface area contributed by atoms with Gasteiger partial charge in [0.1, 0.15) is 0 Å². The van der Waals surface area contributed by atoms with Gasteiger partial charge in [-0.15, -0.1) is 0 Å². The monoisotopic (exact) mass is 287 g/mol. The van der Waals surface area contributed by atoms with Crippen LogP contribution in [0, 0.1) is 0 Å². The third kappa shape index (κ3) is 3.41. The van der Waals surface area contributed by atoms with E-state index >= 15 is 0 Å². The van der Waals surface area contributed by atoms with Crippen LogP contribution in [0.5, 0.6) is 0 Å². The molecule has 1 unspecified atom stereocenters. The summed E-state index contributed by atoms with van der Waals surface area (Å²) in [6.07, 6.45) is 4.14. The molecule has 3 rings (SSSR count). The zero-order valence-corrected chi connectivity index (χ0v) is 13.5. The smallest absolute Gasteiger partial charge is 0.0314 e. The normalized spacial score (nSPS) is 24.8. The van der Waals surface area contributed by atoms with Gasteiger partial charge in [-0.1, -0.05) is 26.0 Å². The third-order valence-electron chi connectivity index (χ3n) is 5.22. The molecule has 0 aromatic heterocycles. The molecule has 2 aliphatic rings. The molecule has 0 spiro atoms. The lowest BCUT2D eigenvalue weighted by Gasteiger charge is -2.31. The van der Waals surface area contributed by atoms with Crippen molar-refractivity contribution in [1.82, 2.24) is 9.80 Å². The number of anilines is 1. The van der Waals surface area contributed by atoms with Gasteiger partial charge in [-0.05, 0) is 56.6 Å². The standard InChI is InChI=1S/C18H29N3/c1-18(2,15-5-7-16(19)8-6-15)14-20-12-9-17(13-20)21-10-3-4-11-21/h5-8,17H,3-4,9-14,19H2,1-2H3. The van der Waals surface area contributed by atoms with Crippen LogP contribution in [0.25, 0.3) is 0 Å². The van der Waals surface area contributed by atoms with E-state index in [1.165, 1.54) is 51.0 Å². The van der Waals surface area contributed by atoms with Gasteiger partial charge in [-0.2, -0.15) is 0 Å². The van der Waals surface area contributed by atoms with E-state index in [0.717, 1.165) is 18.3 Å². The van der Waals surface area contributed by atoms with Gasteiger partial charge in [0.05, 0.1) is 0 Å². The van der Waals surface area contributed by atoms with Gasteiger partial charge < -0.3 is 10.6 Å². The summed E-state index contributed by atoms with van der Waals surface area (Å²) in [5.41, 5.74) is 8.24. The molecule has 2 aliphatic heterocycles. The summed E-state index contributed by atoms with van der Waals surface area (Å²) in [6.45, 7) is 11.0. The van der Waals surface area contributed by atoms with Gasteiger partial charge in [-0.25, -0.2) is 0 Å². The first kappa shape index (κ1) is 14.9. The van der Waals surface area contributed by atoms with Gasteiger partial charge in [0.2, 0.25) is 0 Å². The Bertz CT molecular complexity index is 460. The Labute approximate surface area is 129 Å². The molecule has 116 valence electrons. The number of nitrogen functional groups attached to an aromatic ring is 1. The number of rotatable bonds is 4. The average Bonchev–Trinajstić information content (AvgIpc) is 3.09. The van der Waals surface area contributed by atoms with Crippen molar-refractivity contribution in [3.8, 4) is 0 Å². The Morgan fingerprint density at radius 3 is 2.43 bits per heavy atom. The Balaban J connectivity index is 1.59. The number of likely N-dealkylation sites (tertiary alicyclic amines) is 2. The Morgan fingerprint density at radius 1 is 1.10 bits per heavy atom. The maximum Gasteiger partial charge on any atom is 0.0314 e. The molecule has 1 aromatic carbocycles. The van der Waals surface area contributed by atoms with E-state index in [0.29, 0.717) is 0 Å². The summed E-state index contributed by atoms with van der Waals surface area (Å²) in [4.78, 5) is 5.36. The largest absolute Gasteiger partial charge is 0.399 e.